The predicted molar refractivity (Wildman–Crippen MR) is 181 cm³/mol. The predicted octanol–water partition coefficient (Wildman–Crippen LogP) is 5.42. The summed E-state index contributed by atoms with van der Waals surface area (Å²) in [4.78, 5) is 55.6. The van der Waals surface area contributed by atoms with Crippen LogP contribution in [0.15, 0.2) is 103 Å². The maximum absolute atomic E-state index is 13.5. The van der Waals surface area contributed by atoms with Crippen LogP contribution < -0.4 is 31.3 Å². The van der Waals surface area contributed by atoms with Crippen molar-refractivity contribution in [1.82, 2.24) is 9.88 Å². The number of para-hydroxylation sites is 1. The molecule has 6 rings (SSSR count). The molecule has 0 fully saturated rings. The number of oxazole rings is 1. The summed E-state index contributed by atoms with van der Waals surface area (Å²) in [6.07, 6.45) is 0.767. The summed E-state index contributed by atoms with van der Waals surface area (Å²) in [5.41, 5.74) is 3.97. The highest BCUT2D eigenvalue weighted by molar-refractivity contribution is 6.12. The van der Waals surface area contributed by atoms with Crippen LogP contribution in [0.1, 0.15) is 32.0 Å². The summed E-state index contributed by atoms with van der Waals surface area (Å²) >= 11 is 0. The maximum Gasteiger partial charge on any atom is 0.417 e. The van der Waals surface area contributed by atoms with Crippen LogP contribution in [0.2, 0.25) is 0 Å². The molecule has 4 aromatic carbocycles. The highest BCUT2D eigenvalue weighted by Crippen LogP contribution is 2.34. The third-order valence-electron chi connectivity index (χ3n) is 7.81. The number of likely N-dealkylation sites (N-methyl/N-ethyl adjacent to an activating group) is 1. The van der Waals surface area contributed by atoms with Gasteiger partial charge in [-0.15, -0.1) is 0 Å². The third kappa shape index (κ3) is 6.98. The Labute approximate surface area is 273 Å². The van der Waals surface area contributed by atoms with Gasteiger partial charge in [-0.1, -0.05) is 30.3 Å². The minimum Gasteiger partial charge on any atom is -0.493 e. The van der Waals surface area contributed by atoms with Crippen molar-refractivity contribution in [2.45, 2.75) is 13.0 Å². The average Bonchev–Trinajstić information content (AvgIpc) is 3.46. The summed E-state index contributed by atoms with van der Waals surface area (Å²) in [6.45, 7) is 1.45. The lowest BCUT2D eigenvalue weighted by molar-refractivity contribution is 0.0997. The number of benzene rings is 4. The van der Waals surface area contributed by atoms with Crippen LogP contribution in [0, 0.1) is 0 Å². The van der Waals surface area contributed by atoms with Crippen molar-refractivity contribution in [3.8, 4) is 11.5 Å². The molecule has 0 bridgehead atoms. The largest absolute Gasteiger partial charge is 0.493 e. The lowest BCUT2D eigenvalue weighted by atomic mass is 10.1. The topological polar surface area (TPSA) is 156 Å². The number of hydrogen-bond donors (Lipinski definition) is 3. The molecule has 6 aromatic rings. The number of aromatic nitrogens is 1. The van der Waals surface area contributed by atoms with Crippen molar-refractivity contribution in [2.75, 3.05) is 38.4 Å². The van der Waals surface area contributed by atoms with E-state index in [0.29, 0.717) is 28.7 Å². The lowest BCUT2D eigenvalue weighted by Crippen LogP contribution is -2.21. The van der Waals surface area contributed by atoms with Gasteiger partial charge in [0.15, 0.2) is 28.3 Å². The fourth-order valence-corrected chi connectivity index (χ4v) is 5.32. The highest BCUT2D eigenvalue weighted by Gasteiger charge is 2.21. The van der Waals surface area contributed by atoms with Gasteiger partial charge in [-0.3, -0.25) is 19.4 Å². The number of H-pyrrole nitrogens is 1. The smallest absolute Gasteiger partial charge is 0.417 e. The second-order valence-corrected chi connectivity index (χ2v) is 11.2. The normalized spacial score (nSPS) is 11.2. The van der Waals surface area contributed by atoms with Gasteiger partial charge in [0.25, 0.3) is 11.8 Å². The van der Waals surface area contributed by atoms with Crippen LogP contribution in [0.5, 0.6) is 11.5 Å². The third-order valence-corrected chi connectivity index (χ3v) is 7.81. The fourth-order valence-electron chi connectivity index (χ4n) is 5.32. The van der Waals surface area contributed by atoms with E-state index >= 15 is 0 Å². The first-order chi connectivity index (χ1) is 23.2. The molecule has 2 amide bonds. The maximum atomic E-state index is 13.5. The molecule has 0 unspecified atom stereocenters. The molecule has 0 saturated heterocycles. The number of amides is 2. The summed E-state index contributed by atoms with van der Waals surface area (Å²) in [6, 6.07) is 23.8. The second-order valence-electron chi connectivity index (χ2n) is 11.2. The zero-order valence-corrected chi connectivity index (χ0v) is 26.4. The Bertz CT molecular complexity index is 2250. The molecule has 48 heavy (non-hydrogen) atoms. The van der Waals surface area contributed by atoms with Crippen molar-refractivity contribution in [1.29, 1.82) is 0 Å². The molecule has 0 atom stereocenters. The number of fused-ring (bicyclic) bond motifs is 2. The van der Waals surface area contributed by atoms with Gasteiger partial charge in [0.1, 0.15) is 5.58 Å². The van der Waals surface area contributed by atoms with Crippen LogP contribution in [0.25, 0.3) is 22.1 Å². The number of hydrogen-bond acceptors (Lipinski definition) is 9. The molecular formula is C36H32N4O8. The Morgan fingerprint density at radius 1 is 0.792 bits per heavy atom. The first-order valence-corrected chi connectivity index (χ1v) is 15.0. The van der Waals surface area contributed by atoms with Crippen molar-refractivity contribution in [3.63, 3.8) is 0 Å². The molecule has 2 aromatic heterocycles. The summed E-state index contributed by atoms with van der Waals surface area (Å²) in [5.74, 6) is -1.33. The fraction of sp³-hybridized carbons (Fsp3) is 0.167. The van der Waals surface area contributed by atoms with E-state index in [4.69, 9.17) is 18.3 Å². The molecule has 0 aliphatic carbocycles. The van der Waals surface area contributed by atoms with E-state index in [1.807, 2.05) is 37.4 Å². The number of rotatable bonds is 11. The molecule has 0 saturated carbocycles. The molecule has 12 nitrogen and oxygen atoms in total. The molecule has 2 heterocycles. The monoisotopic (exact) mass is 648 g/mol. The van der Waals surface area contributed by atoms with Crippen molar-refractivity contribution in [2.24, 2.45) is 0 Å². The first kappa shape index (κ1) is 31.8. The van der Waals surface area contributed by atoms with E-state index < -0.39 is 17.6 Å². The minimum absolute atomic E-state index is 0.104. The van der Waals surface area contributed by atoms with Gasteiger partial charge in [-0.2, -0.15) is 0 Å². The number of ether oxygens (including phenoxy) is 2. The summed E-state index contributed by atoms with van der Waals surface area (Å²) in [7, 11) is 4.89. The number of nitrogens with zero attached hydrogens (tertiary/aromatic N) is 1. The SMILES string of the molecule is COc1cc(NC(=O)c2cc(=O)c3ccccc3o2)c(C(=O)Nc2ccc(CCN(C)Cc3ccc4[nH]c(=O)oc4c3)cc2)cc1OC. The molecule has 244 valence electrons. The Morgan fingerprint density at radius 3 is 2.29 bits per heavy atom. The summed E-state index contributed by atoms with van der Waals surface area (Å²) in [5, 5.41) is 5.90. The second kappa shape index (κ2) is 13.7. The van der Waals surface area contributed by atoms with Crippen LogP contribution in [0.4, 0.5) is 11.4 Å². The molecule has 0 aliphatic rings. The molecule has 0 radical (unpaired) electrons. The highest BCUT2D eigenvalue weighted by atomic mass is 16.5. The lowest BCUT2D eigenvalue weighted by Gasteiger charge is -2.17. The van der Waals surface area contributed by atoms with E-state index in [1.165, 1.54) is 26.4 Å². The van der Waals surface area contributed by atoms with Crippen molar-refractivity contribution in [3.05, 3.63) is 128 Å². The standard InChI is InChI=1S/C36H32N4O8/c1-40(20-22-10-13-26-30(16-22)48-36(44)39-26)15-14-21-8-11-23(12-9-21)37-34(42)25-17-31(45-2)32(46-3)18-27(25)38-35(43)33-19-28(41)24-6-4-5-7-29(24)47-33/h4-13,16-19H,14-15,20H2,1-3H3,(H,37,42)(H,38,43)(H,39,44). The quantitative estimate of drug-likeness (QED) is 0.167. The van der Waals surface area contributed by atoms with Gasteiger partial charge in [0, 0.05) is 30.9 Å². The average molecular weight is 649 g/mol. The Morgan fingerprint density at radius 2 is 1.52 bits per heavy atom. The first-order valence-electron chi connectivity index (χ1n) is 15.0. The van der Waals surface area contributed by atoms with E-state index in [9.17, 15) is 19.2 Å². The van der Waals surface area contributed by atoms with Crippen LogP contribution in [-0.2, 0) is 13.0 Å². The number of anilines is 2. The van der Waals surface area contributed by atoms with E-state index in [2.05, 4.69) is 20.5 Å². The number of nitrogens with one attached hydrogen (secondary N) is 3. The number of carbonyl (C=O) groups is 2. The van der Waals surface area contributed by atoms with Crippen LogP contribution in [-0.4, -0.2) is 49.5 Å². The molecule has 3 N–H and O–H groups in total. The van der Waals surface area contributed by atoms with Gasteiger partial charge in [-0.25, -0.2) is 4.79 Å². The van der Waals surface area contributed by atoms with Gasteiger partial charge in [-0.05, 0) is 67.1 Å². The molecular weight excluding hydrogens is 616 g/mol. The Balaban J connectivity index is 1.13. The molecule has 12 heteroatoms. The van der Waals surface area contributed by atoms with E-state index in [0.717, 1.165) is 30.2 Å². The van der Waals surface area contributed by atoms with Gasteiger partial charge >= 0.3 is 5.76 Å². The number of methoxy groups -OCH3 is 2. The number of carbonyl (C=O) groups excluding carboxylic acids is 2. The zero-order chi connectivity index (χ0) is 33.8. The Hall–Kier alpha value is -6.14. The minimum atomic E-state index is -0.718. The molecule has 0 spiro atoms. The summed E-state index contributed by atoms with van der Waals surface area (Å²) < 4.78 is 21.6. The zero-order valence-electron chi connectivity index (χ0n) is 26.4. The van der Waals surface area contributed by atoms with Crippen molar-refractivity contribution >= 4 is 45.3 Å². The number of aromatic amines is 1. The van der Waals surface area contributed by atoms with Gasteiger partial charge < -0.3 is 33.8 Å². The van der Waals surface area contributed by atoms with E-state index in [-0.39, 0.29) is 39.5 Å². The Kier molecular flexibility index (Phi) is 9.08. The van der Waals surface area contributed by atoms with Crippen molar-refractivity contribution < 1.29 is 27.9 Å². The van der Waals surface area contributed by atoms with Crippen LogP contribution in [0.3, 0.4) is 0 Å². The molecule has 0 aliphatic heterocycles. The van der Waals surface area contributed by atoms with Crippen LogP contribution >= 0.6 is 0 Å². The van der Waals surface area contributed by atoms with Gasteiger partial charge in [0.05, 0.1) is 36.4 Å². The van der Waals surface area contributed by atoms with E-state index in [1.54, 1.807) is 36.4 Å². The van der Waals surface area contributed by atoms with Gasteiger partial charge in [0.2, 0.25) is 0 Å².